The van der Waals surface area contributed by atoms with Gasteiger partial charge in [-0.2, -0.15) is 0 Å². The smallest absolute Gasteiger partial charge is 0.243 e. The molecule has 2 amide bonds. The van der Waals surface area contributed by atoms with Crippen molar-refractivity contribution in [3.05, 3.63) is 106 Å². The average Bonchev–Trinajstić information content (AvgIpc) is 2.86. The SMILES string of the molecule is CCCNC(=O)C(Cc1ccccc1)N(Cc1cccc(Br)c1)C(=O)CSCc1ccc(F)cc1. The molecule has 0 heterocycles. The van der Waals surface area contributed by atoms with Crippen LogP contribution < -0.4 is 5.32 Å². The first-order valence-electron chi connectivity index (χ1n) is 11.6. The number of halogens is 2. The average molecular weight is 558 g/mol. The van der Waals surface area contributed by atoms with Crippen molar-refractivity contribution < 1.29 is 14.0 Å². The van der Waals surface area contributed by atoms with Crippen LogP contribution >= 0.6 is 27.7 Å². The molecule has 4 nitrogen and oxygen atoms in total. The third-order valence-electron chi connectivity index (χ3n) is 5.47. The summed E-state index contributed by atoms with van der Waals surface area (Å²) in [6.07, 6.45) is 1.25. The molecule has 1 N–H and O–H groups in total. The number of amides is 2. The van der Waals surface area contributed by atoms with E-state index in [9.17, 15) is 14.0 Å². The van der Waals surface area contributed by atoms with E-state index in [4.69, 9.17) is 0 Å². The van der Waals surface area contributed by atoms with Gasteiger partial charge in [-0.15, -0.1) is 11.8 Å². The molecule has 35 heavy (non-hydrogen) atoms. The Morgan fingerprint density at radius 2 is 1.69 bits per heavy atom. The number of benzene rings is 3. The first-order valence-corrected chi connectivity index (χ1v) is 13.6. The molecule has 0 aliphatic rings. The Bertz CT molecular complexity index is 1100. The molecule has 0 fully saturated rings. The Kier molecular flexibility index (Phi) is 10.8. The van der Waals surface area contributed by atoms with Crippen LogP contribution in [0.25, 0.3) is 0 Å². The lowest BCUT2D eigenvalue weighted by Crippen LogP contribution is -2.51. The maximum absolute atomic E-state index is 13.5. The summed E-state index contributed by atoms with van der Waals surface area (Å²) in [5.74, 6) is 0.268. The lowest BCUT2D eigenvalue weighted by Gasteiger charge is -2.31. The zero-order chi connectivity index (χ0) is 25.0. The van der Waals surface area contributed by atoms with E-state index in [1.54, 1.807) is 17.0 Å². The van der Waals surface area contributed by atoms with Crippen molar-refractivity contribution in [3.63, 3.8) is 0 Å². The number of carbonyl (C=O) groups excluding carboxylic acids is 2. The summed E-state index contributed by atoms with van der Waals surface area (Å²) in [7, 11) is 0. The van der Waals surface area contributed by atoms with E-state index in [-0.39, 0.29) is 23.4 Å². The summed E-state index contributed by atoms with van der Waals surface area (Å²) in [6.45, 7) is 2.89. The molecule has 3 rings (SSSR count). The van der Waals surface area contributed by atoms with Gasteiger partial charge in [-0.1, -0.05) is 77.5 Å². The van der Waals surface area contributed by atoms with Crippen LogP contribution in [-0.4, -0.2) is 35.1 Å². The minimum absolute atomic E-state index is 0.107. The molecule has 1 unspecified atom stereocenters. The molecule has 0 aliphatic heterocycles. The molecule has 0 aromatic heterocycles. The van der Waals surface area contributed by atoms with Crippen molar-refractivity contribution in [3.8, 4) is 0 Å². The van der Waals surface area contributed by atoms with E-state index >= 15 is 0 Å². The number of thioether (sulfide) groups is 1. The molecular formula is C28H30BrFN2O2S. The van der Waals surface area contributed by atoms with Gasteiger partial charge in [0.1, 0.15) is 11.9 Å². The van der Waals surface area contributed by atoms with E-state index < -0.39 is 6.04 Å². The zero-order valence-corrected chi connectivity index (χ0v) is 22.2. The molecule has 0 bridgehead atoms. The van der Waals surface area contributed by atoms with Crippen LogP contribution in [0.5, 0.6) is 0 Å². The molecule has 0 saturated carbocycles. The normalized spacial score (nSPS) is 11.6. The predicted octanol–water partition coefficient (Wildman–Crippen LogP) is 5.99. The second-order valence-corrected chi connectivity index (χ2v) is 10.2. The molecule has 0 spiro atoms. The minimum atomic E-state index is -0.637. The second-order valence-electron chi connectivity index (χ2n) is 8.27. The summed E-state index contributed by atoms with van der Waals surface area (Å²) in [4.78, 5) is 28.5. The molecule has 0 radical (unpaired) electrons. The van der Waals surface area contributed by atoms with Crippen molar-refractivity contribution in [1.82, 2.24) is 10.2 Å². The van der Waals surface area contributed by atoms with E-state index in [0.717, 1.165) is 27.6 Å². The maximum atomic E-state index is 13.5. The monoisotopic (exact) mass is 556 g/mol. The Labute approximate surface area is 219 Å². The van der Waals surface area contributed by atoms with Crippen LogP contribution in [-0.2, 0) is 28.3 Å². The standard InChI is InChI=1S/C28H30BrFN2O2S/c1-2-15-31-28(34)26(17-21-7-4-3-5-8-21)32(18-23-9-6-10-24(29)16-23)27(33)20-35-19-22-11-13-25(30)14-12-22/h3-14,16,26H,2,15,17-20H2,1H3,(H,31,34). The molecule has 0 aliphatic carbocycles. The van der Waals surface area contributed by atoms with Gasteiger partial charge in [-0.05, 0) is 47.4 Å². The van der Waals surface area contributed by atoms with E-state index in [1.807, 2.05) is 61.5 Å². The lowest BCUT2D eigenvalue weighted by atomic mass is 10.0. The minimum Gasteiger partial charge on any atom is -0.354 e. The number of nitrogens with one attached hydrogen (secondary N) is 1. The van der Waals surface area contributed by atoms with Gasteiger partial charge in [0.2, 0.25) is 11.8 Å². The number of rotatable bonds is 12. The lowest BCUT2D eigenvalue weighted by molar-refractivity contribution is -0.139. The predicted molar refractivity (Wildman–Crippen MR) is 144 cm³/mol. The van der Waals surface area contributed by atoms with Gasteiger partial charge < -0.3 is 10.2 Å². The van der Waals surface area contributed by atoms with Crippen molar-refractivity contribution in [1.29, 1.82) is 0 Å². The molecular weight excluding hydrogens is 527 g/mol. The Balaban J connectivity index is 1.82. The fourth-order valence-corrected chi connectivity index (χ4v) is 4.99. The summed E-state index contributed by atoms with van der Waals surface area (Å²) < 4.78 is 14.1. The number of nitrogens with zero attached hydrogens (tertiary/aromatic N) is 1. The second kappa shape index (κ2) is 14.0. The third-order valence-corrected chi connectivity index (χ3v) is 6.95. The molecule has 184 valence electrons. The highest BCUT2D eigenvalue weighted by molar-refractivity contribution is 9.10. The van der Waals surface area contributed by atoms with Crippen molar-refractivity contribution >= 4 is 39.5 Å². The highest BCUT2D eigenvalue weighted by Gasteiger charge is 2.30. The van der Waals surface area contributed by atoms with Gasteiger partial charge in [-0.3, -0.25) is 9.59 Å². The first kappa shape index (κ1) is 27.0. The highest BCUT2D eigenvalue weighted by Crippen LogP contribution is 2.20. The Morgan fingerprint density at radius 1 is 0.971 bits per heavy atom. The topological polar surface area (TPSA) is 49.4 Å². The summed E-state index contributed by atoms with van der Waals surface area (Å²) >= 11 is 4.96. The molecule has 7 heteroatoms. The first-order chi connectivity index (χ1) is 17.0. The van der Waals surface area contributed by atoms with Crippen LogP contribution in [0.1, 0.15) is 30.0 Å². The van der Waals surface area contributed by atoms with E-state index in [2.05, 4.69) is 21.2 Å². The number of hydrogen-bond donors (Lipinski definition) is 1. The van der Waals surface area contributed by atoms with Crippen LogP contribution in [0.2, 0.25) is 0 Å². The fourth-order valence-electron chi connectivity index (χ4n) is 3.67. The maximum Gasteiger partial charge on any atom is 0.243 e. The van der Waals surface area contributed by atoms with E-state index in [1.165, 1.54) is 23.9 Å². The van der Waals surface area contributed by atoms with Crippen LogP contribution in [0, 0.1) is 5.82 Å². The molecule has 1 atom stereocenters. The van der Waals surface area contributed by atoms with Gasteiger partial charge >= 0.3 is 0 Å². The number of hydrogen-bond acceptors (Lipinski definition) is 3. The Morgan fingerprint density at radius 3 is 2.37 bits per heavy atom. The fraction of sp³-hybridized carbons (Fsp3) is 0.286. The zero-order valence-electron chi connectivity index (χ0n) is 19.8. The summed E-state index contributed by atoms with van der Waals surface area (Å²) in [5, 5.41) is 2.99. The molecule has 3 aromatic rings. The van der Waals surface area contributed by atoms with Crippen LogP contribution in [0.3, 0.4) is 0 Å². The quantitative estimate of drug-likeness (QED) is 0.298. The van der Waals surface area contributed by atoms with Crippen molar-refractivity contribution in [2.75, 3.05) is 12.3 Å². The van der Waals surface area contributed by atoms with Crippen LogP contribution in [0.4, 0.5) is 4.39 Å². The Hall–Kier alpha value is -2.64. The van der Waals surface area contributed by atoms with E-state index in [0.29, 0.717) is 25.3 Å². The van der Waals surface area contributed by atoms with Crippen molar-refractivity contribution in [2.24, 2.45) is 0 Å². The summed E-state index contributed by atoms with van der Waals surface area (Å²) in [5.41, 5.74) is 2.89. The van der Waals surface area contributed by atoms with Gasteiger partial charge in [0.15, 0.2) is 0 Å². The third kappa shape index (κ3) is 8.82. The van der Waals surface area contributed by atoms with Gasteiger partial charge in [0, 0.05) is 29.7 Å². The van der Waals surface area contributed by atoms with Gasteiger partial charge in [-0.25, -0.2) is 4.39 Å². The van der Waals surface area contributed by atoms with Crippen LogP contribution in [0.15, 0.2) is 83.3 Å². The van der Waals surface area contributed by atoms with Crippen molar-refractivity contribution in [2.45, 2.75) is 38.1 Å². The molecule has 0 saturated heterocycles. The largest absolute Gasteiger partial charge is 0.354 e. The van der Waals surface area contributed by atoms with Gasteiger partial charge in [0.05, 0.1) is 5.75 Å². The number of carbonyl (C=O) groups is 2. The molecule has 3 aromatic carbocycles. The van der Waals surface area contributed by atoms with Gasteiger partial charge in [0.25, 0.3) is 0 Å². The highest BCUT2D eigenvalue weighted by atomic mass is 79.9. The summed E-state index contributed by atoms with van der Waals surface area (Å²) in [6, 6.07) is 23.2.